The molecule has 0 atom stereocenters. The van der Waals surface area contributed by atoms with E-state index < -0.39 is 0 Å². The van der Waals surface area contributed by atoms with E-state index in [0.29, 0.717) is 18.5 Å². The summed E-state index contributed by atoms with van der Waals surface area (Å²) in [5.41, 5.74) is 7.96. The van der Waals surface area contributed by atoms with Crippen LogP contribution in [0.4, 0.5) is 5.69 Å². The Morgan fingerprint density at radius 3 is 2.53 bits per heavy atom. The van der Waals surface area contributed by atoms with E-state index in [1.165, 1.54) is 31.4 Å². The van der Waals surface area contributed by atoms with Crippen LogP contribution in [0.25, 0.3) is 0 Å². The van der Waals surface area contributed by atoms with E-state index in [4.69, 9.17) is 17.3 Å². The van der Waals surface area contributed by atoms with E-state index in [1.54, 1.807) is 0 Å². The molecular formula is C16H25ClN2. The van der Waals surface area contributed by atoms with Crippen molar-refractivity contribution in [2.45, 2.75) is 52.1 Å². The molecule has 0 amide bonds. The lowest BCUT2D eigenvalue weighted by atomic mass is 10.1. The molecule has 1 aromatic rings. The maximum atomic E-state index is 6.47. The van der Waals surface area contributed by atoms with Crippen molar-refractivity contribution in [2.75, 3.05) is 11.4 Å². The van der Waals surface area contributed by atoms with Crippen LogP contribution < -0.4 is 10.6 Å². The molecule has 3 heteroatoms. The predicted octanol–water partition coefficient (Wildman–Crippen LogP) is 4.20. The molecule has 0 aliphatic heterocycles. The highest BCUT2D eigenvalue weighted by Gasteiger charge is 2.24. The van der Waals surface area contributed by atoms with E-state index in [0.717, 1.165) is 17.1 Å². The smallest absolute Gasteiger partial charge is 0.0642 e. The Morgan fingerprint density at radius 2 is 2.00 bits per heavy atom. The van der Waals surface area contributed by atoms with Gasteiger partial charge in [-0.05, 0) is 36.5 Å². The van der Waals surface area contributed by atoms with Crippen LogP contribution in [0.15, 0.2) is 18.2 Å². The van der Waals surface area contributed by atoms with Crippen LogP contribution in [0.2, 0.25) is 5.02 Å². The lowest BCUT2D eigenvalue weighted by Crippen LogP contribution is -2.36. The number of anilines is 1. The van der Waals surface area contributed by atoms with Crippen LogP contribution in [0.3, 0.4) is 0 Å². The zero-order valence-electron chi connectivity index (χ0n) is 12.0. The van der Waals surface area contributed by atoms with E-state index in [9.17, 15) is 0 Å². The highest BCUT2D eigenvalue weighted by Crippen LogP contribution is 2.34. The number of rotatable bonds is 5. The molecule has 2 rings (SSSR count). The predicted molar refractivity (Wildman–Crippen MR) is 83.8 cm³/mol. The SMILES string of the molecule is CC(C)CN(c1ccc(CN)cc1Cl)C1CCCC1. The Morgan fingerprint density at radius 1 is 1.32 bits per heavy atom. The fraction of sp³-hybridized carbons (Fsp3) is 0.625. The van der Waals surface area contributed by atoms with Crippen LogP contribution in [0.1, 0.15) is 45.1 Å². The second kappa shape index (κ2) is 6.62. The van der Waals surface area contributed by atoms with Crippen molar-refractivity contribution in [3.8, 4) is 0 Å². The van der Waals surface area contributed by atoms with Crippen molar-refractivity contribution < 1.29 is 0 Å². The van der Waals surface area contributed by atoms with Crippen LogP contribution in [0, 0.1) is 5.92 Å². The Balaban J connectivity index is 2.26. The summed E-state index contributed by atoms with van der Waals surface area (Å²) in [5.74, 6) is 0.644. The van der Waals surface area contributed by atoms with E-state index in [-0.39, 0.29) is 0 Å². The third-order valence-corrected chi connectivity index (χ3v) is 4.19. The van der Waals surface area contributed by atoms with Crippen molar-refractivity contribution in [1.29, 1.82) is 0 Å². The van der Waals surface area contributed by atoms with Gasteiger partial charge in [0.25, 0.3) is 0 Å². The molecule has 1 aromatic carbocycles. The van der Waals surface area contributed by atoms with Crippen LogP contribution in [-0.4, -0.2) is 12.6 Å². The number of benzene rings is 1. The van der Waals surface area contributed by atoms with E-state index >= 15 is 0 Å². The van der Waals surface area contributed by atoms with Gasteiger partial charge in [-0.2, -0.15) is 0 Å². The Labute approximate surface area is 121 Å². The largest absolute Gasteiger partial charge is 0.367 e. The molecule has 0 bridgehead atoms. The highest BCUT2D eigenvalue weighted by molar-refractivity contribution is 6.33. The Kier molecular flexibility index (Phi) is 5.12. The van der Waals surface area contributed by atoms with E-state index in [1.807, 2.05) is 6.07 Å². The van der Waals surface area contributed by atoms with Gasteiger partial charge in [0.1, 0.15) is 0 Å². The molecule has 0 heterocycles. The monoisotopic (exact) mass is 280 g/mol. The maximum Gasteiger partial charge on any atom is 0.0642 e. The third kappa shape index (κ3) is 3.64. The fourth-order valence-electron chi connectivity index (χ4n) is 2.96. The van der Waals surface area contributed by atoms with Crippen molar-refractivity contribution in [1.82, 2.24) is 0 Å². The summed E-state index contributed by atoms with van der Waals surface area (Å²) in [6.45, 7) is 6.16. The molecule has 0 aromatic heterocycles. The molecule has 0 saturated heterocycles. The molecule has 2 nitrogen and oxygen atoms in total. The summed E-state index contributed by atoms with van der Waals surface area (Å²) in [7, 11) is 0. The van der Waals surface area contributed by atoms with Crippen molar-refractivity contribution in [3.05, 3.63) is 28.8 Å². The topological polar surface area (TPSA) is 29.3 Å². The number of halogens is 1. The standard InChI is InChI=1S/C16H25ClN2/c1-12(2)11-19(14-5-3-4-6-14)16-8-7-13(10-18)9-15(16)17/h7-9,12,14H,3-6,10-11,18H2,1-2H3. The first kappa shape index (κ1) is 14.7. The van der Waals surface area contributed by atoms with Gasteiger partial charge in [0.05, 0.1) is 10.7 Å². The molecule has 0 radical (unpaired) electrons. The first-order valence-corrected chi connectivity index (χ1v) is 7.74. The van der Waals surface area contributed by atoms with Gasteiger partial charge in [-0.25, -0.2) is 0 Å². The van der Waals surface area contributed by atoms with Crippen molar-refractivity contribution in [2.24, 2.45) is 11.7 Å². The first-order valence-electron chi connectivity index (χ1n) is 7.37. The summed E-state index contributed by atoms with van der Waals surface area (Å²) in [5, 5.41) is 0.843. The van der Waals surface area contributed by atoms with Gasteiger partial charge in [-0.15, -0.1) is 0 Å². The summed E-state index contributed by atoms with van der Waals surface area (Å²) >= 11 is 6.47. The molecule has 1 aliphatic carbocycles. The van der Waals surface area contributed by atoms with Gasteiger partial charge in [-0.1, -0.05) is 44.4 Å². The summed E-state index contributed by atoms with van der Waals surface area (Å²) in [6.07, 6.45) is 5.28. The third-order valence-electron chi connectivity index (χ3n) is 3.88. The molecule has 19 heavy (non-hydrogen) atoms. The molecule has 0 unspecified atom stereocenters. The molecule has 106 valence electrons. The summed E-state index contributed by atoms with van der Waals surface area (Å²) in [4.78, 5) is 2.51. The summed E-state index contributed by atoms with van der Waals surface area (Å²) in [6, 6.07) is 6.91. The van der Waals surface area contributed by atoms with Crippen molar-refractivity contribution >= 4 is 17.3 Å². The van der Waals surface area contributed by atoms with Crippen LogP contribution in [-0.2, 0) is 6.54 Å². The van der Waals surface area contributed by atoms with E-state index in [2.05, 4.69) is 30.9 Å². The zero-order valence-corrected chi connectivity index (χ0v) is 12.8. The minimum Gasteiger partial charge on any atom is -0.367 e. The maximum absolute atomic E-state index is 6.47. The van der Waals surface area contributed by atoms with Gasteiger partial charge >= 0.3 is 0 Å². The Hall–Kier alpha value is -0.730. The van der Waals surface area contributed by atoms with Crippen LogP contribution >= 0.6 is 11.6 Å². The minimum atomic E-state index is 0.549. The second-order valence-corrected chi connectivity index (χ2v) is 6.38. The molecule has 2 N–H and O–H groups in total. The average Bonchev–Trinajstić information content (AvgIpc) is 2.89. The second-order valence-electron chi connectivity index (χ2n) is 5.97. The first-order chi connectivity index (χ1) is 9.11. The quantitative estimate of drug-likeness (QED) is 0.876. The van der Waals surface area contributed by atoms with Crippen molar-refractivity contribution in [3.63, 3.8) is 0 Å². The lowest BCUT2D eigenvalue weighted by Gasteiger charge is -2.33. The fourth-order valence-corrected chi connectivity index (χ4v) is 3.28. The zero-order chi connectivity index (χ0) is 13.8. The van der Waals surface area contributed by atoms with Gasteiger partial charge in [0.15, 0.2) is 0 Å². The molecule has 1 fully saturated rings. The van der Waals surface area contributed by atoms with Gasteiger partial charge < -0.3 is 10.6 Å². The molecule has 1 saturated carbocycles. The number of hydrogen-bond acceptors (Lipinski definition) is 2. The number of hydrogen-bond donors (Lipinski definition) is 1. The minimum absolute atomic E-state index is 0.549. The molecule has 1 aliphatic rings. The lowest BCUT2D eigenvalue weighted by molar-refractivity contribution is 0.536. The average molecular weight is 281 g/mol. The highest BCUT2D eigenvalue weighted by atomic mass is 35.5. The Bertz CT molecular complexity index is 411. The van der Waals surface area contributed by atoms with Gasteiger partial charge in [0.2, 0.25) is 0 Å². The molecule has 0 spiro atoms. The normalized spacial score (nSPS) is 16.3. The van der Waals surface area contributed by atoms with Crippen LogP contribution in [0.5, 0.6) is 0 Å². The number of nitrogens with two attached hydrogens (primary N) is 1. The molecular weight excluding hydrogens is 256 g/mol. The van der Waals surface area contributed by atoms with Gasteiger partial charge in [0, 0.05) is 19.1 Å². The van der Waals surface area contributed by atoms with Gasteiger partial charge in [-0.3, -0.25) is 0 Å². The number of nitrogens with zero attached hydrogens (tertiary/aromatic N) is 1. The summed E-state index contributed by atoms with van der Waals surface area (Å²) < 4.78 is 0.